The Kier molecular flexibility index (Phi) is 4.87. The molecule has 2 fully saturated rings. The number of rotatable bonds is 4. The zero-order valence-corrected chi connectivity index (χ0v) is 15.7. The molecule has 1 saturated heterocycles. The van der Waals surface area contributed by atoms with Gasteiger partial charge in [-0.3, -0.25) is 4.79 Å². The van der Waals surface area contributed by atoms with E-state index in [0.717, 1.165) is 19.3 Å². The van der Waals surface area contributed by atoms with E-state index in [9.17, 15) is 22.7 Å². The van der Waals surface area contributed by atoms with E-state index in [4.69, 9.17) is 0 Å². The van der Waals surface area contributed by atoms with Crippen molar-refractivity contribution in [1.29, 1.82) is 0 Å². The number of carbonyl (C=O) groups excluding carboxylic acids is 1. The minimum Gasteiger partial charge on any atom is -0.506 e. The first kappa shape index (κ1) is 18.9. The highest BCUT2D eigenvalue weighted by atomic mass is 32.2. The summed E-state index contributed by atoms with van der Waals surface area (Å²) < 4.78 is 40.5. The molecule has 0 spiro atoms. The van der Waals surface area contributed by atoms with Crippen molar-refractivity contribution in [2.45, 2.75) is 52.1 Å². The van der Waals surface area contributed by atoms with E-state index in [1.54, 1.807) is 4.72 Å². The number of nitrogens with one attached hydrogen (secondary N) is 2. The van der Waals surface area contributed by atoms with Crippen LogP contribution >= 0.6 is 0 Å². The van der Waals surface area contributed by atoms with Gasteiger partial charge in [0.25, 0.3) is 5.91 Å². The van der Waals surface area contributed by atoms with Crippen LogP contribution in [0.5, 0.6) is 5.75 Å². The lowest BCUT2D eigenvalue weighted by Crippen LogP contribution is -2.36. The van der Waals surface area contributed by atoms with E-state index < -0.39 is 39.9 Å². The molecule has 1 heterocycles. The Bertz CT molecular complexity index is 802. The van der Waals surface area contributed by atoms with Gasteiger partial charge in [0.2, 0.25) is 0 Å². The van der Waals surface area contributed by atoms with Crippen LogP contribution in [0.4, 0.5) is 10.1 Å². The highest BCUT2D eigenvalue weighted by Gasteiger charge is 2.37. The predicted molar refractivity (Wildman–Crippen MR) is 95.4 cm³/mol. The van der Waals surface area contributed by atoms with Gasteiger partial charge in [0, 0.05) is 12.6 Å². The monoisotopic (exact) mass is 385 g/mol. The van der Waals surface area contributed by atoms with Crippen LogP contribution in [0.3, 0.4) is 0 Å². The predicted octanol–water partition coefficient (Wildman–Crippen LogP) is 1.77. The number of halogens is 1. The van der Waals surface area contributed by atoms with Gasteiger partial charge in [-0.2, -0.15) is 8.42 Å². The van der Waals surface area contributed by atoms with Gasteiger partial charge in [-0.05, 0) is 42.4 Å². The maximum absolute atomic E-state index is 14.5. The molecule has 0 aromatic heterocycles. The average molecular weight is 385 g/mol. The summed E-state index contributed by atoms with van der Waals surface area (Å²) in [5.74, 6) is -2.16. The fraction of sp³-hybridized carbons (Fsp3) is 0.588. The Labute approximate surface area is 152 Å². The highest BCUT2D eigenvalue weighted by molar-refractivity contribution is 7.92. The first-order chi connectivity index (χ1) is 12.1. The molecule has 3 N–H and O–H groups in total. The van der Waals surface area contributed by atoms with Crippen LogP contribution in [0.2, 0.25) is 0 Å². The molecule has 1 saturated carbocycles. The summed E-state index contributed by atoms with van der Waals surface area (Å²) in [6, 6.07) is 2.84. The van der Waals surface area contributed by atoms with E-state index in [1.165, 1.54) is 18.6 Å². The Hall–Kier alpha value is -1.87. The standard InChI is InChI=1S/C17H24FN3O4S/c1-17(2)5-3-4-12(8-17)19-9-11-6-13(18)16(14(22)7-11)21-10-15(23)20-26(21,24)25/h6-7,12,19,22H,3-5,8-10H2,1-2H3,(H,20,23)/t12-/m0/s1. The molecule has 3 rings (SSSR count). The molecule has 0 bridgehead atoms. The summed E-state index contributed by atoms with van der Waals surface area (Å²) in [5, 5.41) is 13.5. The summed E-state index contributed by atoms with van der Waals surface area (Å²) in [4.78, 5) is 11.3. The molecule has 0 unspecified atom stereocenters. The first-order valence-corrected chi connectivity index (χ1v) is 10.1. The summed E-state index contributed by atoms with van der Waals surface area (Å²) in [6.07, 6.45) is 4.40. The SMILES string of the molecule is CC1(C)CCC[C@H](NCc2cc(O)c(N3CC(=O)NS3(=O)=O)c(F)c2)C1. The summed E-state index contributed by atoms with van der Waals surface area (Å²) in [7, 11) is -4.17. The van der Waals surface area contributed by atoms with Gasteiger partial charge in [-0.25, -0.2) is 13.4 Å². The van der Waals surface area contributed by atoms with E-state index in [1.807, 2.05) is 0 Å². The lowest BCUT2D eigenvalue weighted by atomic mass is 9.75. The van der Waals surface area contributed by atoms with Gasteiger partial charge in [-0.15, -0.1) is 0 Å². The minimum atomic E-state index is -4.17. The molecule has 9 heteroatoms. The molecule has 1 atom stereocenters. The molecule has 0 radical (unpaired) electrons. The average Bonchev–Trinajstić information content (AvgIpc) is 2.76. The molecule has 2 aliphatic rings. The van der Waals surface area contributed by atoms with Crippen molar-refractivity contribution in [3.8, 4) is 5.75 Å². The Balaban J connectivity index is 1.75. The first-order valence-electron chi connectivity index (χ1n) is 8.65. The zero-order chi connectivity index (χ0) is 19.1. The largest absolute Gasteiger partial charge is 0.506 e. The fourth-order valence-electron chi connectivity index (χ4n) is 3.77. The van der Waals surface area contributed by atoms with Crippen LogP contribution in [0.15, 0.2) is 12.1 Å². The van der Waals surface area contributed by atoms with Crippen molar-refractivity contribution in [3.05, 3.63) is 23.5 Å². The van der Waals surface area contributed by atoms with Gasteiger partial charge in [-0.1, -0.05) is 20.3 Å². The zero-order valence-electron chi connectivity index (χ0n) is 14.9. The van der Waals surface area contributed by atoms with Crippen LogP contribution in [-0.4, -0.2) is 32.0 Å². The van der Waals surface area contributed by atoms with Gasteiger partial charge >= 0.3 is 10.2 Å². The number of nitrogens with zero attached hydrogens (tertiary/aromatic N) is 1. The third-order valence-electron chi connectivity index (χ3n) is 4.97. The van der Waals surface area contributed by atoms with Gasteiger partial charge < -0.3 is 10.4 Å². The van der Waals surface area contributed by atoms with E-state index in [2.05, 4.69) is 19.2 Å². The Morgan fingerprint density at radius 2 is 2.15 bits per heavy atom. The topological polar surface area (TPSA) is 98.7 Å². The quantitative estimate of drug-likeness (QED) is 0.734. The van der Waals surface area contributed by atoms with E-state index >= 15 is 0 Å². The number of anilines is 1. The van der Waals surface area contributed by atoms with Crippen molar-refractivity contribution < 1.29 is 22.7 Å². The van der Waals surface area contributed by atoms with Crippen molar-refractivity contribution in [2.75, 3.05) is 10.8 Å². The molecular formula is C17H24FN3O4S. The Morgan fingerprint density at radius 3 is 2.73 bits per heavy atom. The maximum atomic E-state index is 14.5. The molecule has 26 heavy (non-hydrogen) atoms. The molecule has 1 aliphatic carbocycles. The minimum absolute atomic E-state index is 0.275. The molecular weight excluding hydrogens is 361 g/mol. The molecule has 1 aliphatic heterocycles. The van der Waals surface area contributed by atoms with Gasteiger partial charge in [0.05, 0.1) is 0 Å². The van der Waals surface area contributed by atoms with Crippen LogP contribution < -0.4 is 14.3 Å². The number of benzene rings is 1. The fourth-order valence-corrected chi connectivity index (χ4v) is 4.94. The number of hydrogen-bond acceptors (Lipinski definition) is 5. The lowest BCUT2D eigenvalue weighted by molar-refractivity contribution is -0.117. The molecule has 1 aromatic carbocycles. The number of amides is 1. The van der Waals surface area contributed by atoms with Crippen molar-refractivity contribution >= 4 is 21.8 Å². The number of hydrogen-bond donors (Lipinski definition) is 3. The van der Waals surface area contributed by atoms with Crippen LogP contribution in [-0.2, 0) is 21.5 Å². The van der Waals surface area contributed by atoms with Gasteiger partial charge in [0.15, 0.2) is 5.82 Å². The number of phenolic OH excluding ortho intramolecular Hbond substituents is 1. The van der Waals surface area contributed by atoms with Crippen LogP contribution in [0, 0.1) is 11.2 Å². The normalized spacial score (nSPS) is 24.5. The third kappa shape index (κ3) is 3.93. The van der Waals surface area contributed by atoms with Gasteiger partial charge in [0.1, 0.15) is 18.0 Å². The van der Waals surface area contributed by atoms with Crippen molar-refractivity contribution in [2.24, 2.45) is 5.41 Å². The van der Waals surface area contributed by atoms with Crippen LogP contribution in [0.25, 0.3) is 0 Å². The van der Waals surface area contributed by atoms with Crippen molar-refractivity contribution in [3.63, 3.8) is 0 Å². The summed E-state index contributed by atoms with van der Waals surface area (Å²) in [6.45, 7) is 4.27. The summed E-state index contributed by atoms with van der Waals surface area (Å²) >= 11 is 0. The maximum Gasteiger partial charge on any atom is 0.326 e. The van der Waals surface area contributed by atoms with Crippen molar-refractivity contribution in [1.82, 2.24) is 10.0 Å². The molecule has 1 amide bonds. The molecule has 144 valence electrons. The number of phenols is 1. The van der Waals surface area contributed by atoms with E-state index in [0.29, 0.717) is 22.5 Å². The number of carbonyl (C=O) groups is 1. The molecule has 7 nitrogen and oxygen atoms in total. The van der Waals surface area contributed by atoms with E-state index in [-0.39, 0.29) is 5.41 Å². The van der Waals surface area contributed by atoms with Crippen LogP contribution in [0.1, 0.15) is 45.1 Å². The molecule has 1 aromatic rings. The second-order valence-corrected chi connectivity index (χ2v) is 9.42. The third-order valence-corrected chi connectivity index (χ3v) is 6.35. The lowest BCUT2D eigenvalue weighted by Gasteiger charge is -2.35. The smallest absolute Gasteiger partial charge is 0.326 e. The number of aromatic hydroxyl groups is 1. The highest BCUT2D eigenvalue weighted by Crippen LogP contribution is 2.36. The second-order valence-electron chi connectivity index (χ2n) is 7.82. The summed E-state index contributed by atoms with van der Waals surface area (Å²) in [5.41, 5.74) is 0.283. The second kappa shape index (κ2) is 6.70. The Morgan fingerprint density at radius 1 is 1.42 bits per heavy atom.